The molecule has 3 amide bonds. The Labute approximate surface area is 423 Å². The summed E-state index contributed by atoms with van der Waals surface area (Å²) in [5, 5.41) is 24.8. The minimum absolute atomic E-state index is 0.0106. The molecule has 4 N–H and O–H groups in total. The second kappa shape index (κ2) is 22.6. The number of pyridine rings is 1. The molecule has 4 heterocycles. The molecule has 2 fully saturated rings. The van der Waals surface area contributed by atoms with E-state index in [0.717, 1.165) is 5.56 Å². The number of hydrogen-bond acceptors (Lipinski definition) is 11. The Hall–Kier alpha value is -6.70. The van der Waals surface area contributed by atoms with Crippen LogP contribution in [0.15, 0.2) is 85.1 Å². The third-order valence-electron chi connectivity index (χ3n) is 13.0. The predicted molar refractivity (Wildman–Crippen MR) is 269 cm³/mol. The number of hydrogen-bond donors (Lipinski definition) is 4. The van der Waals surface area contributed by atoms with Gasteiger partial charge in [-0.15, -0.1) is 0 Å². The molecular formula is C54H66F3N7O9. The number of alkyl carbamates (subject to hydrolysis) is 1. The van der Waals surface area contributed by atoms with Crippen LogP contribution in [0.2, 0.25) is 0 Å². The maximum atomic E-state index is 15.0. The smallest absolute Gasteiger partial charge is 0.410 e. The molecule has 0 radical (unpaired) electrons. The van der Waals surface area contributed by atoms with Gasteiger partial charge < -0.3 is 44.1 Å². The van der Waals surface area contributed by atoms with Crippen LogP contribution < -0.4 is 15.6 Å². The first-order valence-electron chi connectivity index (χ1n) is 24.5. The molecule has 2 aliphatic heterocycles. The van der Waals surface area contributed by atoms with Crippen molar-refractivity contribution < 1.29 is 56.8 Å². The average Bonchev–Trinajstić information content (AvgIpc) is 3.63. The number of benzene rings is 3. The number of rotatable bonds is 16. The molecule has 0 spiro atoms. The first-order valence-corrected chi connectivity index (χ1v) is 24.5. The molecule has 2 saturated heterocycles. The summed E-state index contributed by atoms with van der Waals surface area (Å²) in [5.74, 6) is -1.66. The number of aliphatic hydroxyl groups excluding tert-OH is 1. The number of alkyl halides is 3. The number of methoxy groups -OCH3 is 1. The van der Waals surface area contributed by atoms with Gasteiger partial charge in [-0.3, -0.25) is 19.6 Å². The molecule has 7 rings (SSSR count). The molecule has 16 nitrogen and oxygen atoms in total. The zero-order valence-corrected chi connectivity index (χ0v) is 42.4. The number of amides is 3. The van der Waals surface area contributed by atoms with Gasteiger partial charge in [0.15, 0.2) is 0 Å². The van der Waals surface area contributed by atoms with Crippen LogP contribution in [0, 0.1) is 5.41 Å². The Bertz CT molecular complexity index is 2770. The van der Waals surface area contributed by atoms with Crippen molar-refractivity contribution in [1.29, 1.82) is 0 Å². The molecule has 2 aliphatic rings. The van der Waals surface area contributed by atoms with Crippen LogP contribution in [0.4, 0.5) is 28.4 Å². The molecule has 0 bridgehead atoms. The first-order chi connectivity index (χ1) is 34.5. The SMILES string of the molecule is COC(C)c1ncc(N2CCN(C(=O)OCc3ccccc3)CC2)cc1-c1c(CC(C)(C)CO)c2cc(-c3cccc(CC(NC(=O)OC(C)(C)C)C(=O)N4CCC[C@@H](C(=O)O)N4)c3)ccc2n1CC(F)(F)F. The Morgan fingerprint density at radius 1 is 0.890 bits per heavy atom. The van der Waals surface area contributed by atoms with Crippen LogP contribution in [0.1, 0.15) is 82.9 Å². The number of anilines is 1. The highest BCUT2D eigenvalue weighted by Gasteiger charge is 2.36. The lowest BCUT2D eigenvalue weighted by atomic mass is 9.84. The van der Waals surface area contributed by atoms with Crippen LogP contribution in [-0.2, 0) is 49.8 Å². The molecule has 73 heavy (non-hydrogen) atoms. The van der Waals surface area contributed by atoms with Crippen LogP contribution in [-0.4, -0.2) is 124 Å². The number of carbonyl (C=O) groups is 4. The summed E-state index contributed by atoms with van der Waals surface area (Å²) in [6.07, 6.45) is -3.98. The number of halogens is 3. The van der Waals surface area contributed by atoms with E-state index in [1.54, 1.807) is 63.1 Å². The summed E-state index contributed by atoms with van der Waals surface area (Å²) in [7, 11) is 1.51. The number of aliphatic carboxylic acids is 1. The molecule has 0 saturated carbocycles. The summed E-state index contributed by atoms with van der Waals surface area (Å²) in [4.78, 5) is 60.6. The zero-order chi connectivity index (χ0) is 52.8. The second-order valence-corrected chi connectivity index (χ2v) is 20.5. The average molecular weight is 1010 g/mol. The topological polar surface area (TPSA) is 188 Å². The Balaban J connectivity index is 1.28. The summed E-state index contributed by atoms with van der Waals surface area (Å²) in [6, 6.07) is 21.5. The summed E-state index contributed by atoms with van der Waals surface area (Å²) in [6.45, 7) is 10.8. The zero-order valence-electron chi connectivity index (χ0n) is 42.4. The number of aromatic nitrogens is 2. The lowest BCUT2D eigenvalue weighted by Crippen LogP contribution is -2.60. The third kappa shape index (κ3) is 13.7. The van der Waals surface area contributed by atoms with Crippen LogP contribution in [0.25, 0.3) is 33.3 Å². The van der Waals surface area contributed by atoms with E-state index >= 15 is 0 Å². The number of piperazine rings is 1. The van der Waals surface area contributed by atoms with Gasteiger partial charge in [-0.2, -0.15) is 13.2 Å². The number of hydrazine groups is 1. The predicted octanol–water partition coefficient (Wildman–Crippen LogP) is 8.68. The molecule has 3 atom stereocenters. The van der Waals surface area contributed by atoms with Crippen LogP contribution in [0.3, 0.4) is 0 Å². The number of nitrogens with zero attached hydrogens (tertiary/aromatic N) is 5. The van der Waals surface area contributed by atoms with E-state index in [0.29, 0.717) is 89.1 Å². The molecular weight excluding hydrogens is 948 g/mol. The molecule has 19 heteroatoms. The summed E-state index contributed by atoms with van der Waals surface area (Å²) >= 11 is 0. The number of fused-ring (bicyclic) bond motifs is 1. The normalized spacial score (nSPS) is 16.5. The number of nitrogens with one attached hydrogen (secondary N) is 2. The van der Waals surface area contributed by atoms with E-state index in [4.69, 9.17) is 19.2 Å². The maximum absolute atomic E-state index is 15.0. The van der Waals surface area contributed by atoms with Gasteiger partial charge in [0.25, 0.3) is 5.91 Å². The minimum Gasteiger partial charge on any atom is -0.480 e. The first kappa shape index (κ1) is 54.1. The molecule has 2 unspecified atom stereocenters. The molecule has 392 valence electrons. The fourth-order valence-corrected chi connectivity index (χ4v) is 9.26. The summed E-state index contributed by atoms with van der Waals surface area (Å²) < 4.78 is 63.1. The molecule has 0 aliphatic carbocycles. The molecule has 3 aromatic carbocycles. The van der Waals surface area contributed by atoms with Gasteiger partial charge >= 0.3 is 24.3 Å². The minimum atomic E-state index is -4.65. The third-order valence-corrected chi connectivity index (χ3v) is 13.0. The molecule has 2 aromatic heterocycles. The van der Waals surface area contributed by atoms with Gasteiger partial charge in [-0.1, -0.05) is 74.5 Å². The van der Waals surface area contributed by atoms with Crippen molar-refractivity contribution in [2.75, 3.05) is 51.3 Å². The largest absolute Gasteiger partial charge is 0.480 e. The lowest BCUT2D eigenvalue weighted by Gasteiger charge is -2.35. The number of ether oxygens (including phenoxy) is 3. The highest BCUT2D eigenvalue weighted by atomic mass is 19.4. The van der Waals surface area contributed by atoms with Gasteiger partial charge in [0, 0.05) is 69.3 Å². The van der Waals surface area contributed by atoms with Crippen molar-refractivity contribution in [2.24, 2.45) is 5.41 Å². The number of carboxylic acids is 1. The molecule has 5 aromatic rings. The fourth-order valence-electron chi connectivity index (χ4n) is 9.26. The van der Waals surface area contributed by atoms with Gasteiger partial charge in [0.2, 0.25) is 0 Å². The second-order valence-electron chi connectivity index (χ2n) is 20.5. The number of carbonyl (C=O) groups excluding carboxylic acids is 3. The van der Waals surface area contributed by atoms with Crippen molar-refractivity contribution in [3.63, 3.8) is 0 Å². The Morgan fingerprint density at radius 3 is 2.25 bits per heavy atom. The van der Waals surface area contributed by atoms with E-state index in [9.17, 15) is 42.6 Å². The Morgan fingerprint density at radius 2 is 1.59 bits per heavy atom. The summed E-state index contributed by atoms with van der Waals surface area (Å²) in [5.41, 5.74) is 6.55. The Kier molecular flexibility index (Phi) is 16.7. The fraction of sp³-hybridized carbons (Fsp3) is 0.463. The van der Waals surface area contributed by atoms with Gasteiger partial charge in [-0.25, -0.2) is 15.0 Å². The quantitative estimate of drug-likeness (QED) is 0.0738. The van der Waals surface area contributed by atoms with E-state index in [1.165, 1.54) is 16.7 Å². The van der Waals surface area contributed by atoms with Crippen LogP contribution in [0.5, 0.6) is 0 Å². The van der Waals surface area contributed by atoms with Crippen molar-refractivity contribution in [2.45, 2.75) is 110 Å². The van der Waals surface area contributed by atoms with Gasteiger partial charge in [-0.05, 0) is 98.4 Å². The van der Waals surface area contributed by atoms with Gasteiger partial charge in [0.05, 0.1) is 29.4 Å². The van der Waals surface area contributed by atoms with Crippen molar-refractivity contribution in [3.8, 4) is 22.4 Å². The van der Waals surface area contributed by atoms with E-state index in [-0.39, 0.29) is 38.3 Å². The van der Waals surface area contributed by atoms with Crippen molar-refractivity contribution in [1.82, 2.24) is 30.2 Å². The van der Waals surface area contributed by atoms with Crippen molar-refractivity contribution in [3.05, 3.63) is 107 Å². The standard InChI is InChI=1S/C54H66F3N7O9/c1-34(71-7)46-41(28-39(30-58-46)61-21-23-62(24-22-61)51(70)72-31-35-13-9-8-10-14-35)47-42(29-53(5,6)33-65)40-27-38(18-19-45(40)63(47)32-54(55,56)57)37-16-11-15-36(25-37)26-44(59-50(69)73-52(2,3)4)48(66)64-20-12-17-43(60-64)49(67)68/h8-11,13-16,18-19,25,27-28,30,34,43-44,60,65H,12,17,20-24,26,29,31-33H2,1-7H3,(H,59,69)(H,67,68)/t34?,43-,44?/m0/s1. The van der Waals surface area contributed by atoms with E-state index in [1.807, 2.05) is 73.3 Å². The van der Waals surface area contributed by atoms with E-state index in [2.05, 4.69) is 10.7 Å². The lowest BCUT2D eigenvalue weighted by molar-refractivity contribution is -0.147. The highest BCUT2D eigenvalue weighted by molar-refractivity contribution is 5.96. The van der Waals surface area contributed by atoms with E-state index < -0.39 is 66.0 Å². The van der Waals surface area contributed by atoms with Gasteiger partial charge in [0.1, 0.15) is 30.8 Å². The highest BCUT2D eigenvalue weighted by Crippen LogP contribution is 2.44. The number of aliphatic hydroxyl groups is 1. The maximum Gasteiger partial charge on any atom is 0.410 e. The van der Waals surface area contributed by atoms with Crippen LogP contribution >= 0.6 is 0 Å². The van der Waals surface area contributed by atoms with Crippen molar-refractivity contribution >= 4 is 40.7 Å². The number of carboxylic acid groups (broad SMARTS) is 1. The monoisotopic (exact) mass is 1010 g/mol.